The van der Waals surface area contributed by atoms with Gasteiger partial charge in [0.15, 0.2) is 0 Å². The number of hydrogen-bond donors (Lipinski definition) is 2. The summed E-state index contributed by atoms with van der Waals surface area (Å²) in [6.45, 7) is 13.4. The van der Waals surface area contributed by atoms with Crippen LogP contribution in [0.1, 0.15) is 43.1 Å². The van der Waals surface area contributed by atoms with Gasteiger partial charge in [-0.05, 0) is 56.9 Å². The summed E-state index contributed by atoms with van der Waals surface area (Å²) in [5.41, 5.74) is 3.31. The molecule has 1 atom stereocenters. The van der Waals surface area contributed by atoms with E-state index in [1.54, 1.807) is 0 Å². The predicted molar refractivity (Wildman–Crippen MR) is 90.6 cm³/mol. The van der Waals surface area contributed by atoms with Crippen molar-refractivity contribution in [3.8, 4) is 5.75 Å². The van der Waals surface area contributed by atoms with E-state index in [2.05, 4.69) is 24.1 Å². The van der Waals surface area contributed by atoms with Crippen molar-refractivity contribution in [1.82, 2.24) is 10.2 Å². The van der Waals surface area contributed by atoms with Crippen LogP contribution < -0.4 is 10.1 Å². The number of nitrogens with zero attached hydrogens (tertiary/aromatic N) is 1. The molecule has 1 aromatic carbocycles. The highest BCUT2D eigenvalue weighted by atomic mass is 16.5. The molecule has 0 radical (unpaired) electrons. The van der Waals surface area contributed by atoms with Crippen LogP contribution in [0.15, 0.2) is 12.1 Å². The Morgan fingerprint density at radius 3 is 2.50 bits per heavy atom. The molecule has 2 N–H and O–H groups in total. The fourth-order valence-corrected chi connectivity index (χ4v) is 2.95. The van der Waals surface area contributed by atoms with Gasteiger partial charge in [0.2, 0.25) is 0 Å². The molecule has 1 saturated heterocycles. The van der Waals surface area contributed by atoms with E-state index in [0.29, 0.717) is 0 Å². The molecule has 4 heteroatoms. The van der Waals surface area contributed by atoms with Gasteiger partial charge < -0.3 is 20.1 Å². The smallest absolute Gasteiger partial charge is 0.122 e. The van der Waals surface area contributed by atoms with Crippen molar-refractivity contribution in [2.75, 3.05) is 32.7 Å². The molecule has 22 heavy (non-hydrogen) atoms. The van der Waals surface area contributed by atoms with Crippen LogP contribution in [0.5, 0.6) is 5.75 Å². The summed E-state index contributed by atoms with van der Waals surface area (Å²) in [6, 6.07) is 4.01. The maximum atomic E-state index is 10.5. The van der Waals surface area contributed by atoms with Crippen molar-refractivity contribution in [1.29, 1.82) is 0 Å². The topological polar surface area (TPSA) is 44.7 Å². The average Bonchev–Trinajstić information content (AvgIpc) is 2.50. The van der Waals surface area contributed by atoms with Gasteiger partial charge in [-0.1, -0.05) is 6.07 Å². The summed E-state index contributed by atoms with van der Waals surface area (Å²) in [7, 11) is 0. The van der Waals surface area contributed by atoms with Gasteiger partial charge in [-0.2, -0.15) is 0 Å². The zero-order valence-electron chi connectivity index (χ0n) is 14.4. The highest BCUT2D eigenvalue weighted by molar-refractivity contribution is 5.44. The summed E-state index contributed by atoms with van der Waals surface area (Å²) < 4.78 is 5.82. The van der Waals surface area contributed by atoms with Crippen molar-refractivity contribution < 1.29 is 9.84 Å². The van der Waals surface area contributed by atoms with E-state index in [1.807, 2.05) is 26.0 Å². The summed E-state index contributed by atoms with van der Waals surface area (Å²) in [4.78, 5) is 2.41. The molecule has 1 heterocycles. The minimum Gasteiger partial charge on any atom is -0.491 e. The summed E-state index contributed by atoms with van der Waals surface area (Å²) >= 11 is 0. The van der Waals surface area contributed by atoms with Gasteiger partial charge in [-0.25, -0.2) is 0 Å². The number of benzene rings is 1. The van der Waals surface area contributed by atoms with E-state index in [1.165, 1.54) is 0 Å². The number of aliphatic hydroxyl groups is 1. The SMILES string of the molecule is Cc1c(OC(C)C)ccc(C(O)CCN2CCNCC2)c1C. The minimum atomic E-state index is -0.401. The van der Waals surface area contributed by atoms with Crippen molar-refractivity contribution in [2.45, 2.75) is 46.3 Å². The van der Waals surface area contributed by atoms with E-state index in [4.69, 9.17) is 4.74 Å². The maximum Gasteiger partial charge on any atom is 0.122 e. The Hall–Kier alpha value is -1.10. The number of nitrogens with one attached hydrogen (secondary N) is 1. The molecule has 0 aromatic heterocycles. The van der Waals surface area contributed by atoms with Crippen molar-refractivity contribution >= 4 is 0 Å². The van der Waals surface area contributed by atoms with Gasteiger partial charge in [0.05, 0.1) is 12.2 Å². The fraction of sp³-hybridized carbons (Fsp3) is 0.667. The van der Waals surface area contributed by atoms with Gasteiger partial charge in [0.25, 0.3) is 0 Å². The maximum absolute atomic E-state index is 10.5. The van der Waals surface area contributed by atoms with Crippen molar-refractivity contribution in [2.24, 2.45) is 0 Å². The highest BCUT2D eigenvalue weighted by Gasteiger charge is 2.17. The van der Waals surface area contributed by atoms with Crippen molar-refractivity contribution in [3.05, 3.63) is 28.8 Å². The van der Waals surface area contributed by atoms with E-state index in [9.17, 15) is 5.11 Å². The fourth-order valence-electron chi connectivity index (χ4n) is 2.95. The Morgan fingerprint density at radius 1 is 1.18 bits per heavy atom. The van der Waals surface area contributed by atoms with E-state index < -0.39 is 6.10 Å². The zero-order chi connectivity index (χ0) is 16.1. The first-order valence-electron chi connectivity index (χ1n) is 8.37. The van der Waals surface area contributed by atoms with Crippen LogP contribution in [0.3, 0.4) is 0 Å². The Labute approximate surface area is 134 Å². The predicted octanol–water partition coefficient (Wildman–Crippen LogP) is 2.42. The number of rotatable bonds is 6. The molecule has 0 aliphatic carbocycles. The molecular weight excluding hydrogens is 276 g/mol. The molecule has 1 unspecified atom stereocenters. The molecule has 1 aliphatic rings. The molecule has 1 aromatic rings. The van der Waals surface area contributed by atoms with Crippen LogP contribution in [0.25, 0.3) is 0 Å². The molecule has 124 valence electrons. The Balaban J connectivity index is 1.99. The lowest BCUT2D eigenvalue weighted by Gasteiger charge is -2.28. The summed E-state index contributed by atoms with van der Waals surface area (Å²) in [6.07, 6.45) is 0.549. The Morgan fingerprint density at radius 2 is 1.86 bits per heavy atom. The largest absolute Gasteiger partial charge is 0.491 e. The van der Waals surface area contributed by atoms with Gasteiger partial charge in [0, 0.05) is 32.7 Å². The minimum absolute atomic E-state index is 0.168. The molecule has 0 saturated carbocycles. The van der Waals surface area contributed by atoms with Crippen LogP contribution in [0.2, 0.25) is 0 Å². The first kappa shape index (κ1) is 17.3. The number of piperazine rings is 1. The second kappa shape index (κ2) is 7.95. The van der Waals surface area contributed by atoms with E-state index in [0.717, 1.165) is 61.6 Å². The third-order valence-electron chi connectivity index (χ3n) is 4.43. The van der Waals surface area contributed by atoms with Crippen LogP contribution >= 0.6 is 0 Å². The molecule has 1 aliphatic heterocycles. The van der Waals surface area contributed by atoms with Gasteiger partial charge >= 0.3 is 0 Å². The zero-order valence-corrected chi connectivity index (χ0v) is 14.4. The van der Waals surface area contributed by atoms with Gasteiger partial charge in [-0.3, -0.25) is 0 Å². The Kier molecular flexibility index (Phi) is 6.24. The third-order valence-corrected chi connectivity index (χ3v) is 4.43. The quantitative estimate of drug-likeness (QED) is 0.847. The van der Waals surface area contributed by atoms with Crippen LogP contribution in [0.4, 0.5) is 0 Å². The van der Waals surface area contributed by atoms with Gasteiger partial charge in [-0.15, -0.1) is 0 Å². The molecule has 0 amide bonds. The van der Waals surface area contributed by atoms with Gasteiger partial charge in [0.1, 0.15) is 5.75 Å². The first-order valence-corrected chi connectivity index (χ1v) is 8.37. The highest BCUT2D eigenvalue weighted by Crippen LogP contribution is 2.30. The van der Waals surface area contributed by atoms with E-state index >= 15 is 0 Å². The van der Waals surface area contributed by atoms with Crippen LogP contribution in [-0.4, -0.2) is 48.8 Å². The molecule has 4 nitrogen and oxygen atoms in total. The molecule has 0 bridgehead atoms. The van der Waals surface area contributed by atoms with Crippen molar-refractivity contribution in [3.63, 3.8) is 0 Å². The third kappa shape index (κ3) is 4.45. The standard InChI is InChI=1S/C18H30N2O2/c1-13(2)22-18-6-5-16(14(3)15(18)4)17(21)7-10-20-11-8-19-9-12-20/h5-6,13,17,19,21H,7-12H2,1-4H3. The average molecular weight is 306 g/mol. The number of aliphatic hydroxyl groups excluding tert-OH is 1. The normalized spacial score (nSPS) is 17.7. The molecule has 2 rings (SSSR count). The molecule has 1 fully saturated rings. The molecular formula is C18H30N2O2. The summed E-state index contributed by atoms with van der Waals surface area (Å²) in [5, 5.41) is 13.9. The van der Waals surface area contributed by atoms with Crippen LogP contribution in [-0.2, 0) is 0 Å². The monoisotopic (exact) mass is 306 g/mol. The lowest BCUT2D eigenvalue weighted by molar-refractivity contribution is 0.136. The summed E-state index contributed by atoms with van der Waals surface area (Å²) in [5.74, 6) is 0.922. The Bertz CT molecular complexity index is 482. The first-order chi connectivity index (χ1) is 10.5. The molecule has 0 spiro atoms. The lowest BCUT2D eigenvalue weighted by atomic mass is 9.96. The van der Waals surface area contributed by atoms with Crippen LogP contribution in [0, 0.1) is 13.8 Å². The second-order valence-corrected chi connectivity index (χ2v) is 6.47. The van der Waals surface area contributed by atoms with E-state index in [-0.39, 0.29) is 6.10 Å². The number of hydrogen-bond acceptors (Lipinski definition) is 4. The second-order valence-electron chi connectivity index (χ2n) is 6.47. The lowest BCUT2D eigenvalue weighted by Crippen LogP contribution is -2.44. The number of ether oxygens (including phenoxy) is 1.